The summed E-state index contributed by atoms with van der Waals surface area (Å²) >= 11 is 0. The van der Waals surface area contributed by atoms with Crippen LogP contribution in [0.2, 0.25) is 0 Å². The van der Waals surface area contributed by atoms with E-state index in [4.69, 9.17) is 10.7 Å². The maximum Gasteiger partial charge on any atom is 0.255 e. The Morgan fingerprint density at radius 3 is 2.49 bits per heavy atom. The number of carbonyl (C=O) groups is 1. The number of hydrogen-bond acceptors (Lipinski definition) is 6. The van der Waals surface area contributed by atoms with Crippen molar-refractivity contribution in [3.63, 3.8) is 0 Å². The summed E-state index contributed by atoms with van der Waals surface area (Å²) in [7, 11) is 0. The molecule has 6 rings (SSSR count). The SMILES string of the molecule is Cc1ccc(Nc2ncc(C#N)c(-c3cn(-c4ccccc4)c4ccccc34)n2)cc1NC(=O)c1ccc(N)cc1. The number of hydrogen-bond donors (Lipinski definition) is 3. The van der Waals surface area contributed by atoms with Gasteiger partial charge in [0.1, 0.15) is 6.07 Å². The van der Waals surface area contributed by atoms with Crippen LogP contribution in [0.1, 0.15) is 21.5 Å². The van der Waals surface area contributed by atoms with Crippen molar-refractivity contribution in [3.05, 3.63) is 126 Å². The second-order valence-electron chi connectivity index (χ2n) is 9.56. The average molecular weight is 536 g/mol. The number of nitrogens with zero attached hydrogens (tertiary/aromatic N) is 4. The molecule has 0 fully saturated rings. The molecule has 2 heterocycles. The van der Waals surface area contributed by atoms with Gasteiger partial charge in [-0.15, -0.1) is 0 Å². The molecule has 0 saturated heterocycles. The second kappa shape index (κ2) is 10.7. The second-order valence-corrected chi connectivity index (χ2v) is 9.56. The molecule has 8 nitrogen and oxygen atoms in total. The first kappa shape index (κ1) is 25.3. The molecule has 0 radical (unpaired) electrons. The van der Waals surface area contributed by atoms with Gasteiger partial charge in [0.15, 0.2) is 0 Å². The zero-order valence-electron chi connectivity index (χ0n) is 22.2. The topological polar surface area (TPSA) is 122 Å². The molecule has 0 aliphatic heterocycles. The molecule has 41 heavy (non-hydrogen) atoms. The summed E-state index contributed by atoms with van der Waals surface area (Å²) in [5.74, 6) is 0.0900. The van der Waals surface area contributed by atoms with E-state index in [0.29, 0.717) is 39.8 Å². The van der Waals surface area contributed by atoms with Crippen LogP contribution in [0.15, 0.2) is 109 Å². The largest absolute Gasteiger partial charge is 0.399 e. The van der Waals surface area contributed by atoms with Crippen molar-refractivity contribution in [2.24, 2.45) is 0 Å². The van der Waals surface area contributed by atoms with Gasteiger partial charge in [-0.05, 0) is 67.1 Å². The fourth-order valence-corrected chi connectivity index (χ4v) is 4.69. The van der Waals surface area contributed by atoms with Gasteiger partial charge in [-0.2, -0.15) is 5.26 Å². The number of nitrogens with one attached hydrogen (secondary N) is 2. The average Bonchev–Trinajstić information content (AvgIpc) is 3.39. The summed E-state index contributed by atoms with van der Waals surface area (Å²) in [6, 6.07) is 32.7. The van der Waals surface area contributed by atoms with Crippen molar-refractivity contribution in [2.45, 2.75) is 6.92 Å². The lowest BCUT2D eigenvalue weighted by Gasteiger charge is -2.12. The highest BCUT2D eigenvalue weighted by molar-refractivity contribution is 6.05. The van der Waals surface area contributed by atoms with Crippen LogP contribution in [0.4, 0.5) is 23.0 Å². The molecular formula is C33H25N7O. The van der Waals surface area contributed by atoms with Crippen LogP contribution < -0.4 is 16.4 Å². The predicted molar refractivity (Wildman–Crippen MR) is 162 cm³/mol. The van der Waals surface area contributed by atoms with Gasteiger partial charge in [-0.1, -0.05) is 42.5 Å². The Kier molecular flexibility index (Phi) is 6.60. The molecule has 0 bridgehead atoms. The zero-order valence-corrected chi connectivity index (χ0v) is 22.2. The molecule has 0 atom stereocenters. The van der Waals surface area contributed by atoms with Crippen LogP contribution in [-0.4, -0.2) is 20.4 Å². The first-order chi connectivity index (χ1) is 20.0. The van der Waals surface area contributed by atoms with Gasteiger partial charge in [-0.25, -0.2) is 9.97 Å². The standard InChI is InChI=1S/C33H25N7O/c1-21-11-16-25(17-29(21)38-32(41)22-12-14-24(35)15-13-22)37-33-36-19-23(18-34)31(39-33)28-20-40(26-7-3-2-4-8-26)30-10-6-5-9-27(28)30/h2-17,19-20H,35H2,1H3,(H,38,41)(H,36,37,39). The molecule has 6 aromatic rings. The third kappa shape index (κ3) is 5.07. The van der Waals surface area contributed by atoms with Crippen molar-refractivity contribution in [1.82, 2.24) is 14.5 Å². The molecule has 0 unspecified atom stereocenters. The van der Waals surface area contributed by atoms with E-state index in [1.54, 1.807) is 24.3 Å². The number of nitriles is 1. The molecule has 4 aromatic carbocycles. The van der Waals surface area contributed by atoms with Crippen molar-refractivity contribution in [2.75, 3.05) is 16.4 Å². The third-order valence-electron chi connectivity index (χ3n) is 6.83. The molecule has 2 aromatic heterocycles. The van der Waals surface area contributed by atoms with Crippen LogP contribution in [0.25, 0.3) is 27.8 Å². The number of anilines is 4. The highest BCUT2D eigenvalue weighted by Crippen LogP contribution is 2.34. The maximum absolute atomic E-state index is 12.8. The molecule has 0 aliphatic rings. The Hall–Kier alpha value is -5.94. The molecule has 1 amide bonds. The Balaban J connectivity index is 1.34. The van der Waals surface area contributed by atoms with Crippen molar-refractivity contribution in [3.8, 4) is 23.0 Å². The van der Waals surface area contributed by atoms with Crippen molar-refractivity contribution < 1.29 is 4.79 Å². The van der Waals surface area contributed by atoms with Gasteiger partial charge in [-0.3, -0.25) is 4.79 Å². The number of aromatic nitrogens is 3. The van der Waals surface area contributed by atoms with Crippen molar-refractivity contribution >= 4 is 39.8 Å². The maximum atomic E-state index is 12.8. The smallest absolute Gasteiger partial charge is 0.255 e. The number of amides is 1. The number of nitrogens with two attached hydrogens (primary N) is 1. The minimum absolute atomic E-state index is 0.239. The Labute approximate surface area is 236 Å². The molecule has 8 heteroatoms. The van der Waals surface area contributed by atoms with Gasteiger partial charge in [0.2, 0.25) is 5.95 Å². The van der Waals surface area contributed by atoms with Crippen LogP contribution in [-0.2, 0) is 0 Å². The van der Waals surface area contributed by atoms with E-state index < -0.39 is 0 Å². The van der Waals surface area contributed by atoms with Crippen LogP contribution in [0.3, 0.4) is 0 Å². The van der Waals surface area contributed by atoms with Crippen LogP contribution >= 0.6 is 0 Å². The third-order valence-corrected chi connectivity index (χ3v) is 6.83. The van der Waals surface area contributed by atoms with E-state index >= 15 is 0 Å². The van der Waals surface area contributed by atoms with Crippen LogP contribution in [0, 0.1) is 18.3 Å². The minimum Gasteiger partial charge on any atom is -0.399 e. The Bertz CT molecular complexity index is 1940. The summed E-state index contributed by atoms with van der Waals surface area (Å²) in [4.78, 5) is 22.0. The van der Waals surface area contributed by atoms with Crippen molar-refractivity contribution in [1.29, 1.82) is 5.26 Å². The van der Waals surface area contributed by atoms with Gasteiger partial charge < -0.3 is 20.9 Å². The Morgan fingerprint density at radius 2 is 1.71 bits per heavy atom. The Morgan fingerprint density at radius 1 is 0.951 bits per heavy atom. The lowest BCUT2D eigenvalue weighted by molar-refractivity contribution is 0.102. The minimum atomic E-state index is -0.239. The van der Waals surface area contributed by atoms with E-state index in [0.717, 1.165) is 27.7 Å². The number of nitrogen functional groups attached to an aromatic ring is 1. The lowest BCUT2D eigenvalue weighted by Crippen LogP contribution is -2.13. The fourth-order valence-electron chi connectivity index (χ4n) is 4.69. The van der Waals surface area contributed by atoms with E-state index in [1.165, 1.54) is 6.20 Å². The van der Waals surface area contributed by atoms with Gasteiger partial charge in [0.25, 0.3) is 5.91 Å². The summed E-state index contributed by atoms with van der Waals surface area (Å²) in [6.45, 7) is 1.92. The van der Waals surface area contributed by atoms with Gasteiger partial charge >= 0.3 is 0 Å². The summed E-state index contributed by atoms with van der Waals surface area (Å²) < 4.78 is 2.09. The number of aryl methyl sites for hydroxylation is 1. The summed E-state index contributed by atoms with van der Waals surface area (Å²) in [6.07, 6.45) is 3.53. The number of carbonyl (C=O) groups excluding carboxylic acids is 1. The van der Waals surface area contributed by atoms with E-state index in [2.05, 4.69) is 26.3 Å². The van der Waals surface area contributed by atoms with E-state index in [9.17, 15) is 10.1 Å². The number of para-hydroxylation sites is 2. The normalized spacial score (nSPS) is 10.7. The quantitative estimate of drug-likeness (QED) is 0.201. The van der Waals surface area contributed by atoms with Gasteiger partial charge in [0.05, 0.1) is 23.0 Å². The molecular weight excluding hydrogens is 510 g/mol. The number of benzene rings is 4. The van der Waals surface area contributed by atoms with E-state index in [-0.39, 0.29) is 5.91 Å². The number of rotatable bonds is 6. The first-order valence-corrected chi connectivity index (χ1v) is 13.0. The highest BCUT2D eigenvalue weighted by Gasteiger charge is 2.17. The molecule has 198 valence electrons. The zero-order chi connectivity index (χ0) is 28.3. The number of fused-ring (bicyclic) bond motifs is 1. The van der Waals surface area contributed by atoms with Crippen LogP contribution in [0.5, 0.6) is 0 Å². The van der Waals surface area contributed by atoms with Gasteiger partial charge in [0, 0.05) is 45.5 Å². The molecule has 0 aliphatic carbocycles. The monoisotopic (exact) mass is 535 g/mol. The molecule has 0 saturated carbocycles. The lowest BCUT2D eigenvalue weighted by atomic mass is 10.1. The molecule has 0 spiro atoms. The summed E-state index contributed by atoms with van der Waals surface area (Å²) in [5, 5.41) is 17.1. The molecule has 4 N–H and O–H groups in total. The summed E-state index contributed by atoms with van der Waals surface area (Å²) in [5.41, 5.74) is 12.8. The van der Waals surface area contributed by atoms with E-state index in [1.807, 2.05) is 85.9 Å². The fraction of sp³-hybridized carbons (Fsp3) is 0.0303. The predicted octanol–water partition coefficient (Wildman–Crippen LogP) is 6.85. The first-order valence-electron chi connectivity index (χ1n) is 13.0. The highest BCUT2D eigenvalue weighted by atomic mass is 16.1.